The SMILES string of the molecule is c1noc(CCNC2CCN3CCCC3C2)n1. The molecule has 2 atom stereocenters. The number of rotatable bonds is 4. The monoisotopic (exact) mass is 236 g/mol. The molecule has 0 aliphatic carbocycles. The van der Waals surface area contributed by atoms with E-state index in [1.165, 1.54) is 45.1 Å². The predicted octanol–water partition coefficient (Wildman–Crippen LogP) is 0.828. The second-order valence-corrected chi connectivity index (χ2v) is 5.09. The Morgan fingerprint density at radius 1 is 1.41 bits per heavy atom. The first kappa shape index (κ1) is 11.2. The summed E-state index contributed by atoms with van der Waals surface area (Å²) in [6, 6.07) is 1.52. The summed E-state index contributed by atoms with van der Waals surface area (Å²) < 4.78 is 4.98. The summed E-state index contributed by atoms with van der Waals surface area (Å²) in [6.45, 7) is 3.53. The molecule has 0 saturated carbocycles. The van der Waals surface area contributed by atoms with Crippen LogP contribution in [0.3, 0.4) is 0 Å². The summed E-state index contributed by atoms with van der Waals surface area (Å²) in [4.78, 5) is 6.68. The number of nitrogens with zero attached hydrogens (tertiary/aromatic N) is 3. The van der Waals surface area contributed by atoms with Gasteiger partial charge in [0.2, 0.25) is 5.89 Å². The van der Waals surface area contributed by atoms with Gasteiger partial charge in [-0.2, -0.15) is 4.98 Å². The molecule has 0 aromatic carbocycles. The van der Waals surface area contributed by atoms with Gasteiger partial charge in [0.25, 0.3) is 0 Å². The van der Waals surface area contributed by atoms with Gasteiger partial charge in [-0.25, -0.2) is 0 Å². The molecule has 2 fully saturated rings. The first-order valence-electron chi connectivity index (χ1n) is 6.65. The lowest BCUT2D eigenvalue weighted by Crippen LogP contribution is -2.46. The van der Waals surface area contributed by atoms with Crippen molar-refractivity contribution >= 4 is 0 Å². The van der Waals surface area contributed by atoms with Gasteiger partial charge in [-0.05, 0) is 38.8 Å². The molecule has 5 heteroatoms. The first-order chi connectivity index (χ1) is 8.42. The van der Waals surface area contributed by atoms with E-state index < -0.39 is 0 Å². The van der Waals surface area contributed by atoms with E-state index in [1.807, 2.05) is 0 Å². The molecule has 3 rings (SSSR count). The maximum atomic E-state index is 4.98. The highest BCUT2D eigenvalue weighted by Crippen LogP contribution is 2.26. The zero-order valence-electron chi connectivity index (χ0n) is 10.1. The summed E-state index contributed by atoms with van der Waals surface area (Å²) in [5, 5.41) is 7.23. The Balaban J connectivity index is 1.40. The fourth-order valence-electron chi connectivity index (χ4n) is 3.10. The smallest absolute Gasteiger partial charge is 0.227 e. The van der Waals surface area contributed by atoms with Gasteiger partial charge in [0.1, 0.15) is 0 Å². The molecule has 2 unspecified atom stereocenters. The average molecular weight is 236 g/mol. The molecule has 0 spiro atoms. The minimum atomic E-state index is 0.678. The third-order valence-electron chi connectivity index (χ3n) is 4.00. The van der Waals surface area contributed by atoms with Crippen LogP contribution < -0.4 is 5.32 Å². The van der Waals surface area contributed by atoms with Crippen molar-refractivity contribution in [3.8, 4) is 0 Å². The van der Waals surface area contributed by atoms with Crippen LogP contribution in [0, 0.1) is 0 Å². The molecule has 1 aromatic rings. The van der Waals surface area contributed by atoms with E-state index in [4.69, 9.17) is 4.52 Å². The summed E-state index contributed by atoms with van der Waals surface area (Å²) >= 11 is 0. The Bertz CT molecular complexity index is 340. The van der Waals surface area contributed by atoms with E-state index in [9.17, 15) is 0 Å². The van der Waals surface area contributed by atoms with E-state index in [0.29, 0.717) is 6.04 Å². The topological polar surface area (TPSA) is 54.2 Å². The molecule has 3 heterocycles. The Morgan fingerprint density at radius 2 is 2.41 bits per heavy atom. The number of fused-ring (bicyclic) bond motifs is 1. The molecule has 0 amide bonds. The van der Waals surface area contributed by atoms with Crippen LogP contribution >= 0.6 is 0 Å². The van der Waals surface area contributed by atoms with Crippen molar-refractivity contribution in [2.75, 3.05) is 19.6 Å². The molecule has 5 nitrogen and oxygen atoms in total. The zero-order chi connectivity index (χ0) is 11.5. The lowest BCUT2D eigenvalue weighted by molar-refractivity contribution is 0.167. The lowest BCUT2D eigenvalue weighted by Gasteiger charge is -2.35. The highest BCUT2D eigenvalue weighted by molar-refractivity contribution is 4.89. The molecular weight excluding hydrogens is 216 g/mol. The van der Waals surface area contributed by atoms with E-state index in [0.717, 1.165) is 24.9 Å². The average Bonchev–Trinajstić information content (AvgIpc) is 2.98. The van der Waals surface area contributed by atoms with Crippen molar-refractivity contribution < 1.29 is 4.52 Å². The zero-order valence-corrected chi connectivity index (χ0v) is 10.1. The maximum absolute atomic E-state index is 4.98. The highest BCUT2D eigenvalue weighted by Gasteiger charge is 2.31. The number of nitrogens with one attached hydrogen (secondary N) is 1. The molecule has 0 bridgehead atoms. The van der Waals surface area contributed by atoms with E-state index in [-0.39, 0.29) is 0 Å². The third-order valence-corrected chi connectivity index (χ3v) is 4.00. The Labute approximate surface area is 102 Å². The van der Waals surface area contributed by atoms with Crippen molar-refractivity contribution in [1.82, 2.24) is 20.4 Å². The lowest BCUT2D eigenvalue weighted by atomic mass is 9.97. The minimum absolute atomic E-state index is 0.678. The van der Waals surface area contributed by atoms with Crippen LogP contribution in [0.1, 0.15) is 31.6 Å². The van der Waals surface area contributed by atoms with Crippen molar-refractivity contribution in [3.63, 3.8) is 0 Å². The van der Waals surface area contributed by atoms with E-state index in [1.54, 1.807) is 0 Å². The summed E-state index contributed by atoms with van der Waals surface area (Å²) in [7, 11) is 0. The third kappa shape index (κ3) is 2.66. The molecular formula is C12H20N4O. The Morgan fingerprint density at radius 3 is 3.29 bits per heavy atom. The summed E-state index contributed by atoms with van der Waals surface area (Å²) in [5.74, 6) is 0.732. The molecule has 2 aliphatic heterocycles. The predicted molar refractivity (Wildman–Crippen MR) is 63.6 cm³/mol. The second kappa shape index (κ2) is 5.14. The molecule has 94 valence electrons. The number of piperidine rings is 1. The summed E-state index contributed by atoms with van der Waals surface area (Å²) in [6.07, 6.45) is 7.67. The van der Waals surface area contributed by atoms with Crippen molar-refractivity contribution in [3.05, 3.63) is 12.2 Å². The normalized spacial score (nSPS) is 29.4. The van der Waals surface area contributed by atoms with Crippen molar-refractivity contribution in [1.29, 1.82) is 0 Å². The van der Waals surface area contributed by atoms with Crippen LogP contribution in [-0.4, -0.2) is 46.8 Å². The fraction of sp³-hybridized carbons (Fsp3) is 0.833. The van der Waals surface area contributed by atoms with E-state index in [2.05, 4.69) is 20.4 Å². The van der Waals surface area contributed by atoms with Gasteiger partial charge in [-0.1, -0.05) is 5.16 Å². The standard InChI is InChI=1S/C12H20N4O/c1-2-11-8-10(4-7-16(11)6-1)13-5-3-12-14-9-15-17-12/h9-11,13H,1-8H2. The van der Waals surface area contributed by atoms with Crippen molar-refractivity contribution in [2.24, 2.45) is 0 Å². The van der Waals surface area contributed by atoms with Crippen molar-refractivity contribution in [2.45, 2.75) is 44.2 Å². The van der Waals surface area contributed by atoms with Gasteiger partial charge >= 0.3 is 0 Å². The van der Waals surface area contributed by atoms with Crippen LogP contribution in [0.2, 0.25) is 0 Å². The Kier molecular flexibility index (Phi) is 3.38. The molecule has 1 aromatic heterocycles. The molecule has 0 radical (unpaired) electrons. The minimum Gasteiger partial charge on any atom is -0.340 e. The van der Waals surface area contributed by atoms with Crippen LogP contribution in [0.15, 0.2) is 10.9 Å². The van der Waals surface area contributed by atoms with Gasteiger partial charge in [-0.15, -0.1) is 0 Å². The highest BCUT2D eigenvalue weighted by atomic mass is 16.5. The van der Waals surface area contributed by atoms with Crippen LogP contribution in [0.5, 0.6) is 0 Å². The number of hydrogen-bond donors (Lipinski definition) is 1. The van der Waals surface area contributed by atoms with Gasteiger partial charge < -0.3 is 14.7 Å². The number of aromatic nitrogens is 2. The molecule has 2 aliphatic rings. The first-order valence-corrected chi connectivity index (χ1v) is 6.65. The van der Waals surface area contributed by atoms with Gasteiger partial charge in [0, 0.05) is 25.0 Å². The van der Waals surface area contributed by atoms with Gasteiger partial charge in [0.15, 0.2) is 6.33 Å². The van der Waals surface area contributed by atoms with Crippen LogP contribution in [0.25, 0.3) is 0 Å². The van der Waals surface area contributed by atoms with Gasteiger partial charge in [-0.3, -0.25) is 0 Å². The molecule has 17 heavy (non-hydrogen) atoms. The van der Waals surface area contributed by atoms with E-state index >= 15 is 0 Å². The second-order valence-electron chi connectivity index (χ2n) is 5.09. The van der Waals surface area contributed by atoms with Crippen LogP contribution in [-0.2, 0) is 6.42 Å². The van der Waals surface area contributed by atoms with Gasteiger partial charge in [0.05, 0.1) is 0 Å². The summed E-state index contributed by atoms with van der Waals surface area (Å²) in [5.41, 5.74) is 0. The largest absolute Gasteiger partial charge is 0.340 e. The number of hydrogen-bond acceptors (Lipinski definition) is 5. The van der Waals surface area contributed by atoms with Crippen LogP contribution in [0.4, 0.5) is 0 Å². The maximum Gasteiger partial charge on any atom is 0.227 e. The molecule has 2 saturated heterocycles. The quantitative estimate of drug-likeness (QED) is 0.839. The fourth-order valence-corrected chi connectivity index (χ4v) is 3.10. The Hall–Kier alpha value is -0.940. The molecule has 1 N–H and O–H groups in total.